The van der Waals surface area contributed by atoms with E-state index >= 15 is 0 Å². The van der Waals surface area contributed by atoms with E-state index in [1.54, 1.807) is 0 Å². The van der Waals surface area contributed by atoms with Crippen molar-refractivity contribution in [3.63, 3.8) is 0 Å². The number of para-hydroxylation sites is 1. The molecule has 1 unspecified atom stereocenters. The van der Waals surface area contributed by atoms with E-state index < -0.39 is 0 Å². The van der Waals surface area contributed by atoms with Gasteiger partial charge in [-0.2, -0.15) is 0 Å². The fourth-order valence-electron chi connectivity index (χ4n) is 2.03. The molecule has 86 valence electrons. The van der Waals surface area contributed by atoms with E-state index in [4.69, 9.17) is 4.74 Å². The summed E-state index contributed by atoms with van der Waals surface area (Å²) in [6.07, 6.45) is 0. The first-order chi connectivity index (χ1) is 7.41. The van der Waals surface area contributed by atoms with E-state index in [1.807, 2.05) is 25.1 Å². The van der Waals surface area contributed by atoms with Gasteiger partial charge < -0.3 is 4.74 Å². The minimum absolute atomic E-state index is 0.00615. The van der Waals surface area contributed by atoms with E-state index in [0.29, 0.717) is 6.61 Å². The molecular weight excluding hydrogens is 200 g/mol. The molecule has 2 rings (SSSR count). The van der Waals surface area contributed by atoms with Gasteiger partial charge in [-0.25, -0.2) is 0 Å². The molecule has 16 heavy (non-hydrogen) atoms. The van der Waals surface area contributed by atoms with Crippen LogP contribution >= 0.6 is 0 Å². The van der Waals surface area contributed by atoms with E-state index in [-0.39, 0.29) is 17.1 Å². The van der Waals surface area contributed by atoms with E-state index in [1.165, 1.54) is 0 Å². The van der Waals surface area contributed by atoms with Crippen molar-refractivity contribution in [1.29, 1.82) is 0 Å². The van der Waals surface area contributed by atoms with Gasteiger partial charge in [0.15, 0.2) is 5.78 Å². The van der Waals surface area contributed by atoms with Crippen LogP contribution in [0.25, 0.3) is 0 Å². The average Bonchev–Trinajstić information content (AvgIpc) is 2.21. The molecule has 0 spiro atoms. The zero-order chi connectivity index (χ0) is 11.9. The number of hydrogen-bond donors (Lipinski definition) is 0. The van der Waals surface area contributed by atoms with Gasteiger partial charge in [0.05, 0.1) is 18.1 Å². The van der Waals surface area contributed by atoms with Crippen molar-refractivity contribution in [2.75, 3.05) is 6.61 Å². The molecule has 1 atom stereocenters. The van der Waals surface area contributed by atoms with Crippen LogP contribution in [-0.4, -0.2) is 12.4 Å². The number of carbonyl (C=O) groups is 1. The molecule has 0 amide bonds. The van der Waals surface area contributed by atoms with Crippen molar-refractivity contribution < 1.29 is 9.53 Å². The van der Waals surface area contributed by atoms with Crippen molar-refractivity contribution in [1.82, 2.24) is 0 Å². The molecule has 1 aliphatic heterocycles. The summed E-state index contributed by atoms with van der Waals surface area (Å²) >= 11 is 0. The zero-order valence-electron chi connectivity index (χ0n) is 10.3. The maximum Gasteiger partial charge on any atom is 0.172 e. The minimum Gasteiger partial charge on any atom is -0.492 e. The third-order valence-electron chi connectivity index (χ3n) is 3.01. The summed E-state index contributed by atoms with van der Waals surface area (Å²) < 4.78 is 5.74. The van der Waals surface area contributed by atoms with Gasteiger partial charge in [-0.05, 0) is 11.5 Å². The molecule has 0 saturated heterocycles. The maximum atomic E-state index is 12.0. The summed E-state index contributed by atoms with van der Waals surface area (Å²) in [5.74, 6) is 0.966. The minimum atomic E-state index is -0.0253. The van der Waals surface area contributed by atoms with Crippen LogP contribution in [0, 0.1) is 5.92 Å². The summed E-state index contributed by atoms with van der Waals surface area (Å²) in [5, 5.41) is 0. The molecular formula is C14H18O2. The van der Waals surface area contributed by atoms with Gasteiger partial charge in [0.25, 0.3) is 0 Å². The quantitative estimate of drug-likeness (QED) is 0.668. The Hall–Kier alpha value is -1.31. The third-order valence-corrected chi connectivity index (χ3v) is 3.01. The predicted molar refractivity (Wildman–Crippen MR) is 64.1 cm³/mol. The number of ketones is 1. The standard InChI is InChI=1S/C14H18O2/c1-9-8-16-13-10(12(9)15)6-5-7-11(13)14(2,3)4/h5-7,9H,8H2,1-4H3. The van der Waals surface area contributed by atoms with Crippen molar-refractivity contribution in [2.24, 2.45) is 5.92 Å². The molecule has 0 saturated carbocycles. The summed E-state index contributed by atoms with van der Waals surface area (Å²) in [6, 6.07) is 5.85. The first-order valence-corrected chi connectivity index (χ1v) is 5.72. The fraction of sp³-hybridized carbons (Fsp3) is 0.500. The van der Waals surface area contributed by atoms with Crippen LogP contribution in [0.2, 0.25) is 0 Å². The Kier molecular flexibility index (Phi) is 2.53. The van der Waals surface area contributed by atoms with E-state index in [9.17, 15) is 4.79 Å². The number of Topliss-reactive ketones (excluding diaryl/α,β-unsaturated/α-hetero) is 1. The van der Waals surface area contributed by atoms with Gasteiger partial charge in [0.2, 0.25) is 0 Å². The summed E-state index contributed by atoms with van der Waals surface area (Å²) in [5.41, 5.74) is 1.86. The Labute approximate surface area is 96.6 Å². The molecule has 2 nitrogen and oxygen atoms in total. The highest BCUT2D eigenvalue weighted by molar-refractivity contribution is 6.01. The van der Waals surface area contributed by atoms with Crippen LogP contribution in [0.15, 0.2) is 18.2 Å². The molecule has 1 aliphatic rings. The lowest BCUT2D eigenvalue weighted by atomic mass is 9.83. The van der Waals surface area contributed by atoms with E-state index in [0.717, 1.165) is 16.9 Å². The van der Waals surface area contributed by atoms with Crippen LogP contribution in [0.1, 0.15) is 43.6 Å². The van der Waals surface area contributed by atoms with Crippen molar-refractivity contribution in [2.45, 2.75) is 33.1 Å². The Morgan fingerprint density at radius 3 is 2.62 bits per heavy atom. The second-order valence-corrected chi connectivity index (χ2v) is 5.51. The largest absolute Gasteiger partial charge is 0.492 e. The predicted octanol–water partition coefficient (Wildman–Crippen LogP) is 3.20. The molecule has 1 aromatic carbocycles. The van der Waals surface area contributed by atoms with Crippen LogP contribution < -0.4 is 4.74 Å². The van der Waals surface area contributed by atoms with Crippen molar-refractivity contribution >= 4 is 5.78 Å². The Balaban J connectivity index is 2.58. The lowest BCUT2D eigenvalue weighted by Gasteiger charge is -2.28. The summed E-state index contributed by atoms with van der Waals surface area (Å²) in [7, 11) is 0. The Morgan fingerprint density at radius 1 is 1.31 bits per heavy atom. The third kappa shape index (κ3) is 1.73. The first kappa shape index (κ1) is 11.2. The van der Waals surface area contributed by atoms with Gasteiger partial charge in [-0.1, -0.05) is 39.8 Å². The van der Waals surface area contributed by atoms with Crippen molar-refractivity contribution in [3.05, 3.63) is 29.3 Å². The number of fused-ring (bicyclic) bond motifs is 1. The highest BCUT2D eigenvalue weighted by Crippen LogP contribution is 2.37. The average molecular weight is 218 g/mol. The monoisotopic (exact) mass is 218 g/mol. The first-order valence-electron chi connectivity index (χ1n) is 5.72. The molecule has 0 radical (unpaired) electrons. The molecule has 0 N–H and O–H groups in total. The van der Waals surface area contributed by atoms with E-state index in [2.05, 4.69) is 20.8 Å². The van der Waals surface area contributed by atoms with Gasteiger partial charge in [-0.15, -0.1) is 0 Å². The van der Waals surface area contributed by atoms with Crippen LogP contribution in [-0.2, 0) is 5.41 Å². The van der Waals surface area contributed by atoms with Gasteiger partial charge in [0.1, 0.15) is 5.75 Å². The zero-order valence-corrected chi connectivity index (χ0v) is 10.3. The molecule has 2 heteroatoms. The molecule has 1 aromatic rings. The lowest BCUT2D eigenvalue weighted by molar-refractivity contribution is 0.0846. The highest BCUT2D eigenvalue weighted by Gasteiger charge is 2.30. The summed E-state index contributed by atoms with van der Waals surface area (Å²) in [4.78, 5) is 12.0. The summed E-state index contributed by atoms with van der Waals surface area (Å²) in [6.45, 7) is 8.81. The molecule has 0 aliphatic carbocycles. The number of benzene rings is 1. The van der Waals surface area contributed by atoms with Crippen LogP contribution in [0.5, 0.6) is 5.75 Å². The smallest absolute Gasteiger partial charge is 0.172 e. The molecule has 0 aromatic heterocycles. The fourth-order valence-corrected chi connectivity index (χ4v) is 2.03. The normalized spacial score (nSPS) is 20.2. The van der Waals surface area contributed by atoms with Crippen LogP contribution in [0.4, 0.5) is 0 Å². The van der Waals surface area contributed by atoms with Crippen LogP contribution in [0.3, 0.4) is 0 Å². The Bertz CT molecular complexity index is 427. The number of ether oxygens (including phenoxy) is 1. The molecule has 0 fully saturated rings. The van der Waals surface area contributed by atoms with Gasteiger partial charge >= 0.3 is 0 Å². The second kappa shape index (κ2) is 3.62. The second-order valence-electron chi connectivity index (χ2n) is 5.51. The van der Waals surface area contributed by atoms with Gasteiger partial charge in [0, 0.05) is 5.56 Å². The molecule has 1 heterocycles. The topological polar surface area (TPSA) is 26.3 Å². The lowest BCUT2D eigenvalue weighted by Crippen LogP contribution is -2.27. The number of rotatable bonds is 0. The van der Waals surface area contributed by atoms with Gasteiger partial charge in [-0.3, -0.25) is 4.79 Å². The van der Waals surface area contributed by atoms with Crippen molar-refractivity contribution in [3.8, 4) is 5.75 Å². The number of hydrogen-bond acceptors (Lipinski definition) is 2. The SMILES string of the molecule is CC1COc2c(cccc2C(C)(C)C)C1=O. The Morgan fingerprint density at radius 2 is 2.00 bits per heavy atom. The number of carbonyl (C=O) groups excluding carboxylic acids is 1. The molecule has 0 bridgehead atoms. The highest BCUT2D eigenvalue weighted by atomic mass is 16.5. The maximum absolute atomic E-state index is 12.0.